The van der Waals surface area contributed by atoms with Gasteiger partial charge in [-0.05, 0) is 31.9 Å². The summed E-state index contributed by atoms with van der Waals surface area (Å²) in [6.07, 6.45) is 4.01. The first-order valence-electron chi connectivity index (χ1n) is 7.86. The predicted octanol–water partition coefficient (Wildman–Crippen LogP) is 1.83. The van der Waals surface area contributed by atoms with Crippen LogP contribution in [0.25, 0.3) is 0 Å². The third-order valence-electron chi connectivity index (χ3n) is 4.47. The molecule has 1 N–H and O–H groups in total. The van der Waals surface area contributed by atoms with Crippen LogP contribution >= 0.6 is 0 Å². The van der Waals surface area contributed by atoms with Gasteiger partial charge in [0.2, 0.25) is 5.91 Å². The largest absolute Gasteiger partial charge is 0.373 e. The standard InChI is InChI=1S/C17H22N4O2/c1-11-15(12(2)21(3)20-11)16-14(6-8-23-16)17(22)19-10-13-5-4-7-18-9-13/h4-5,7,9,14,16H,6,8,10H2,1-3H3,(H,19,22)/t14-,16-/m0/s1. The van der Waals surface area contributed by atoms with E-state index in [0.29, 0.717) is 13.2 Å². The second-order valence-corrected chi connectivity index (χ2v) is 5.97. The molecule has 0 spiro atoms. The summed E-state index contributed by atoms with van der Waals surface area (Å²) in [5, 5.41) is 7.44. The average Bonchev–Trinajstić information content (AvgIpc) is 3.11. The highest BCUT2D eigenvalue weighted by molar-refractivity contribution is 5.79. The highest BCUT2D eigenvalue weighted by Crippen LogP contribution is 2.37. The number of aromatic nitrogens is 3. The Balaban J connectivity index is 1.72. The van der Waals surface area contributed by atoms with Crippen LogP contribution in [0.1, 0.15) is 35.0 Å². The van der Waals surface area contributed by atoms with E-state index >= 15 is 0 Å². The van der Waals surface area contributed by atoms with Crippen LogP contribution in [0.5, 0.6) is 0 Å². The summed E-state index contributed by atoms with van der Waals surface area (Å²) in [7, 11) is 1.91. The van der Waals surface area contributed by atoms with Gasteiger partial charge in [0.25, 0.3) is 0 Å². The van der Waals surface area contributed by atoms with Gasteiger partial charge in [-0.1, -0.05) is 6.07 Å². The number of pyridine rings is 1. The van der Waals surface area contributed by atoms with Crippen molar-refractivity contribution in [3.63, 3.8) is 0 Å². The minimum Gasteiger partial charge on any atom is -0.373 e. The molecule has 6 nitrogen and oxygen atoms in total. The molecule has 0 unspecified atom stereocenters. The maximum atomic E-state index is 12.6. The molecule has 3 rings (SSSR count). The lowest BCUT2D eigenvalue weighted by atomic mass is 9.93. The lowest BCUT2D eigenvalue weighted by molar-refractivity contribution is -0.127. The van der Waals surface area contributed by atoms with Gasteiger partial charge in [0.05, 0.1) is 17.7 Å². The van der Waals surface area contributed by atoms with Gasteiger partial charge in [-0.3, -0.25) is 14.5 Å². The summed E-state index contributed by atoms with van der Waals surface area (Å²) in [5.41, 5.74) is 4.03. The Bertz CT molecular complexity index is 696. The SMILES string of the molecule is Cc1nn(C)c(C)c1[C@H]1OCC[C@@H]1C(=O)NCc1cccnc1. The number of carbonyl (C=O) groups is 1. The maximum Gasteiger partial charge on any atom is 0.226 e. The number of hydrogen-bond acceptors (Lipinski definition) is 4. The van der Waals surface area contributed by atoms with Crippen LogP contribution in [0.2, 0.25) is 0 Å². The van der Waals surface area contributed by atoms with Gasteiger partial charge < -0.3 is 10.1 Å². The van der Waals surface area contributed by atoms with Crippen LogP contribution in [-0.2, 0) is 23.1 Å². The van der Waals surface area contributed by atoms with Crippen molar-refractivity contribution >= 4 is 5.91 Å². The minimum atomic E-state index is -0.211. The molecule has 0 bridgehead atoms. The van der Waals surface area contributed by atoms with Crippen molar-refractivity contribution in [2.75, 3.05) is 6.61 Å². The Morgan fingerprint density at radius 3 is 2.96 bits per heavy atom. The van der Waals surface area contributed by atoms with Crippen molar-refractivity contribution in [3.05, 3.63) is 47.0 Å². The molecule has 1 aliphatic rings. The first-order valence-corrected chi connectivity index (χ1v) is 7.86. The van der Waals surface area contributed by atoms with Crippen molar-refractivity contribution < 1.29 is 9.53 Å². The van der Waals surface area contributed by atoms with Crippen molar-refractivity contribution in [1.29, 1.82) is 0 Å². The van der Waals surface area contributed by atoms with Gasteiger partial charge in [0.1, 0.15) is 0 Å². The second kappa shape index (κ2) is 6.50. The van der Waals surface area contributed by atoms with Crippen LogP contribution < -0.4 is 5.32 Å². The van der Waals surface area contributed by atoms with E-state index in [0.717, 1.165) is 28.9 Å². The number of amides is 1. The molecule has 0 aliphatic carbocycles. The minimum absolute atomic E-state index is 0.0269. The fourth-order valence-electron chi connectivity index (χ4n) is 3.17. The molecular weight excluding hydrogens is 292 g/mol. The lowest BCUT2D eigenvalue weighted by Crippen LogP contribution is -2.32. The van der Waals surface area contributed by atoms with E-state index in [1.807, 2.05) is 37.7 Å². The number of hydrogen-bond donors (Lipinski definition) is 1. The molecule has 2 aromatic rings. The Morgan fingerprint density at radius 2 is 2.30 bits per heavy atom. The fraction of sp³-hybridized carbons (Fsp3) is 0.471. The molecule has 122 valence electrons. The van der Waals surface area contributed by atoms with Crippen molar-refractivity contribution in [2.45, 2.75) is 32.9 Å². The number of aryl methyl sites for hydroxylation is 2. The number of rotatable bonds is 4. The summed E-state index contributed by atoms with van der Waals surface area (Å²) in [4.78, 5) is 16.7. The van der Waals surface area contributed by atoms with Crippen LogP contribution in [-0.4, -0.2) is 27.3 Å². The van der Waals surface area contributed by atoms with Gasteiger partial charge in [-0.15, -0.1) is 0 Å². The molecule has 2 atom stereocenters. The number of ether oxygens (including phenoxy) is 1. The van der Waals surface area contributed by atoms with Crippen LogP contribution in [0, 0.1) is 19.8 Å². The Kier molecular flexibility index (Phi) is 4.43. The summed E-state index contributed by atoms with van der Waals surface area (Å²) in [6.45, 7) is 5.07. The molecule has 0 radical (unpaired) electrons. The van der Waals surface area contributed by atoms with Crippen molar-refractivity contribution in [2.24, 2.45) is 13.0 Å². The zero-order chi connectivity index (χ0) is 16.4. The van der Waals surface area contributed by atoms with Crippen molar-refractivity contribution in [1.82, 2.24) is 20.1 Å². The van der Waals surface area contributed by atoms with Gasteiger partial charge in [0, 0.05) is 43.9 Å². The van der Waals surface area contributed by atoms with E-state index in [1.165, 1.54) is 0 Å². The molecule has 3 heterocycles. The van der Waals surface area contributed by atoms with Gasteiger partial charge >= 0.3 is 0 Å². The molecule has 1 amide bonds. The van der Waals surface area contributed by atoms with E-state index < -0.39 is 0 Å². The van der Waals surface area contributed by atoms with E-state index in [9.17, 15) is 4.79 Å². The third kappa shape index (κ3) is 3.12. The summed E-state index contributed by atoms with van der Waals surface area (Å²) >= 11 is 0. The van der Waals surface area contributed by atoms with E-state index in [-0.39, 0.29) is 17.9 Å². The predicted molar refractivity (Wildman–Crippen MR) is 85.6 cm³/mol. The smallest absolute Gasteiger partial charge is 0.226 e. The highest BCUT2D eigenvalue weighted by atomic mass is 16.5. The summed E-state index contributed by atoms with van der Waals surface area (Å²) in [5.74, 6) is -0.146. The topological polar surface area (TPSA) is 69.0 Å². The van der Waals surface area contributed by atoms with E-state index in [2.05, 4.69) is 15.4 Å². The molecule has 2 aromatic heterocycles. The molecular formula is C17H22N4O2. The highest BCUT2D eigenvalue weighted by Gasteiger charge is 2.37. The van der Waals surface area contributed by atoms with Gasteiger partial charge in [0.15, 0.2) is 0 Å². The Labute approximate surface area is 135 Å². The lowest BCUT2D eigenvalue weighted by Gasteiger charge is -2.19. The molecule has 1 aliphatic heterocycles. The normalized spacial score (nSPS) is 20.7. The van der Waals surface area contributed by atoms with Gasteiger partial charge in [-0.2, -0.15) is 5.10 Å². The van der Waals surface area contributed by atoms with Crippen LogP contribution in [0.3, 0.4) is 0 Å². The second-order valence-electron chi connectivity index (χ2n) is 5.97. The Hall–Kier alpha value is -2.21. The van der Waals surface area contributed by atoms with Crippen LogP contribution in [0.15, 0.2) is 24.5 Å². The zero-order valence-electron chi connectivity index (χ0n) is 13.7. The number of nitrogens with zero attached hydrogens (tertiary/aromatic N) is 3. The molecule has 6 heteroatoms. The number of nitrogens with one attached hydrogen (secondary N) is 1. The third-order valence-corrected chi connectivity index (χ3v) is 4.47. The molecule has 0 saturated carbocycles. The monoisotopic (exact) mass is 314 g/mol. The molecule has 1 fully saturated rings. The first kappa shape index (κ1) is 15.7. The van der Waals surface area contributed by atoms with Gasteiger partial charge in [-0.25, -0.2) is 0 Å². The first-order chi connectivity index (χ1) is 11.1. The maximum absolute atomic E-state index is 12.6. The fourth-order valence-corrected chi connectivity index (χ4v) is 3.17. The van der Waals surface area contributed by atoms with E-state index in [4.69, 9.17) is 4.74 Å². The molecule has 0 aromatic carbocycles. The summed E-state index contributed by atoms with van der Waals surface area (Å²) < 4.78 is 7.72. The average molecular weight is 314 g/mol. The Morgan fingerprint density at radius 1 is 1.48 bits per heavy atom. The summed E-state index contributed by atoms with van der Waals surface area (Å²) in [6, 6.07) is 3.82. The molecule has 1 saturated heterocycles. The number of carbonyl (C=O) groups excluding carboxylic acids is 1. The quantitative estimate of drug-likeness (QED) is 0.935. The molecule has 23 heavy (non-hydrogen) atoms. The van der Waals surface area contributed by atoms with Crippen LogP contribution in [0.4, 0.5) is 0 Å². The van der Waals surface area contributed by atoms with Crippen molar-refractivity contribution in [3.8, 4) is 0 Å². The van der Waals surface area contributed by atoms with E-state index in [1.54, 1.807) is 12.4 Å². The zero-order valence-corrected chi connectivity index (χ0v) is 13.7.